The van der Waals surface area contributed by atoms with Gasteiger partial charge in [0.05, 0.1) is 6.10 Å². The number of rotatable bonds is 5. The van der Waals surface area contributed by atoms with Crippen molar-refractivity contribution >= 4 is 29.1 Å². The number of amides is 2. The molecule has 0 unspecified atom stereocenters. The Labute approximate surface area is 157 Å². The molecule has 1 atom stereocenters. The van der Waals surface area contributed by atoms with Gasteiger partial charge in [-0.2, -0.15) is 0 Å². The van der Waals surface area contributed by atoms with Crippen molar-refractivity contribution in [2.24, 2.45) is 0 Å². The number of nitrogens with one attached hydrogen (secondary N) is 1. The van der Waals surface area contributed by atoms with Gasteiger partial charge in [0.15, 0.2) is 0 Å². The first-order chi connectivity index (χ1) is 12.5. The summed E-state index contributed by atoms with van der Waals surface area (Å²) in [6.45, 7) is 0.824. The number of aliphatic hydroxyl groups excluding tert-OH is 1. The van der Waals surface area contributed by atoms with Gasteiger partial charge in [0.1, 0.15) is 0 Å². The van der Waals surface area contributed by atoms with E-state index in [0.717, 1.165) is 25.1 Å². The maximum Gasteiger partial charge on any atom is 0.251 e. The van der Waals surface area contributed by atoms with Crippen molar-refractivity contribution in [2.45, 2.75) is 25.4 Å². The Hall–Kier alpha value is -2.37. The first-order valence-corrected chi connectivity index (χ1v) is 9.04. The van der Waals surface area contributed by atoms with Crippen LogP contribution in [0, 0.1) is 0 Å². The highest BCUT2D eigenvalue weighted by Crippen LogP contribution is 2.21. The van der Waals surface area contributed by atoms with Gasteiger partial charge < -0.3 is 15.3 Å². The number of nitrogens with zero attached hydrogens (tertiary/aromatic N) is 1. The normalized spacial score (nSPS) is 15.6. The van der Waals surface area contributed by atoms with E-state index < -0.39 is 6.10 Å². The highest BCUT2D eigenvalue weighted by atomic mass is 35.5. The van der Waals surface area contributed by atoms with Gasteiger partial charge in [-0.1, -0.05) is 23.7 Å². The number of hydrogen-bond acceptors (Lipinski definition) is 3. The van der Waals surface area contributed by atoms with Gasteiger partial charge in [0, 0.05) is 35.8 Å². The van der Waals surface area contributed by atoms with Gasteiger partial charge in [-0.05, 0) is 54.8 Å². The molecule has 0 spiro atoms. The van der Waals surface area contributed by atoms with Gasteiger partial charge >= 0.3 is 0 Å². The van der Waals surface area contributed by atoms with Gasteiger partial charge in [-0.25, -0.2) is 0 Å². The molecule has 0 aliphatic carbocycles. The summed E-state index contributed by atoms with van der Waals surface area (Å²) in [6.07, 6.45) is 1.70. The number of anilines is 1. The molecule has 0 bridgehead atoms. The van der Waals surface area contributed by atoms with Crippen molar-refractivity contribution in [3.05, 3.63) is 64.7 Å². The first kappa shape index (κ1) is 18.4. The highest BCUT2D eigenvalue weighted by Gasteiger charge is 2.19. The number of carbonyl (C=O) groups excluding carboxylic acids is 2. The number of aliphatic hydroxyl groups is 1. The van der Waals surface area contributed by atoms with Crippen LogP contribution in [0.4, 0.5) is 5.69 Å². The second-order valence-electron chi connectivity index (χ2n) is 6.33. The van der Waals surface area contributed by atoms with Crippen LogP contribution >= 0.6 is 11.6 Å². The molecule has 0 saturated carbocycles. The zero-order valence-corrected chi connectivity index (χ0v) is 15.1. The van der Waals surface area contributed by atoms with Crippen LogP contribution in [0.5, 0.6) is 0 Å². The van der Waals surface area contributed by atoms with Crippen LogP contribution in [0.3, 0.4) is 0 Å². The molecule has 136 valence electrons. The maximum atomic E-state index is 12.3. The van der Waals surface area contributed by atoms with Gasteiger partial charge in [-0.3, -0.25) is 9.59 Å². The van der Waals surface area contributed by atoms with Crippen LogP contribution in [0.2, 0.25) is 5.02 Å². The third kappa shape index (κ3) is 4.42. The Kier molecular flexibility index (Phi) is 5.91. The quantitative estimate of drug-likeness (QED) is 0.845. The summed E-state index contributed by atoms with van der Waals surface area (Å²) in [5.74, 6) is -0.144. The lowest BCUT2D eigenvalue weighted by Crippen LogP contribution is -2.35. The van der Waals surface area contributed by atoms with Gasteiger partial charge in [-0.15, -0.1) is 0 Å². The van der Waals surface area contributed by atoms with Crippen LogP contribution in [0.15, 0.2) is 48.5 Å². The molecule has 1 aliphatic heterocycles. The van der Waals surface area contributed by atoms with Gasteiger partial charge in [0.2, 0.25) is 5.91 Å². The Morgan fingerprint density at radius 3 is 2.46 bits per heavy atom. The lowest BCUT2D eigenvalue weighted by atomic mass is 10.1. The molecule has 2 amide bonds. The van der Waals surface area contributed by atoms with Crippen molar-refractivity contribution in [2.75, 3.05) is 18.0 Å². The van der Waals surface area contributed by atoms with Crippen LogP contribution < -0.4 is 10.2 Å². The van der Waals surface area contributed by atoms with E-state index in [4.69, 9.17) is 11.6 Å². The molecule has 1 saturated heterocycles. The third-order valence-electron chi connectivity index (χ3n) is 4.48. The molecule has 2 aromatic carbocycles. The van der Waals surface area contributed by atoms with Crippen LogP contribution in [-0.2, 0) is 4.79 Å². The summed E-state index contributed by atoms with van der Waals surface area (Å²) < 4.78 is 0. The first-order valence-electron chi connectivity index (χ1n) is 8.67. The Balaban J connectivity index is 1.57. The van der Waals surface area contributed by atoms with Crippen molar-refractivity contribution in [3.63, 3.8) is 0 Å². The minimum atomic E-state index is -0.804. The summed E-state index contributed by atoms with van der Waals surface area (Å²) in [5.41, 5.74) is 1.99. The minimum Gasteiger partial charge on any atom is -0.387 e. The second kappa shape index (κ2) is 8.34. The molecule has 2 aromatic rings. The van der Waals surface area contributed by atoms with E-state index in [2.05, 4.69) is 5.32 Å². The van der Waals surface area contributed by atoms with E-state index in [-0.39, 0.29) is 18.4 Å². The van der Waals surface area contributed by atoms with E-state index >= 15 is 0 Å². The van der Waals surface area contributed by atoms with E-state index in [1.54, 1.807) is 53.4 Å². The fourth-order valence-corrected chi connectivity index (χ4v) is 3.09. The van der Waals surface area contributed by atoms with E-state index in [1.165, 1.54) is 0 Å². The van der Waals surface area contributed by atoms with Crippen molar-refractivity contribution in [3.8, 4) is 0 Å². The molecular weight excluding hydrogens is 352 g/mol. The number of benzene rings is 2. The zero-order chi connectivity index (χ0) is 18.5. The lowest BCUT2D eigenvalue weighted by molar-refractivity contribution is -0.119. The van der Waals surface area contributed by atoms with Crippen molar-refractivity contribution in [1.29, 1.82) is 0 Å². The number of piperidine rings is 1. The number of carbonyl (C=O) groups is 2. The average molecular weight is 373 g/mol. The number of halogens is 1. The van der Waals surface area contributed by atoms with Gasteiger partial charge in [0.25, 0.3) is 5.91 Å². The Bertz CT molecular complexity index is 775. The van der Waals surface area contributed by atoms with E-state index in [0.29, 0.717) is 22.6 Å². The number of hydrogen-bond donors (Lipinski definition) is 2. The van der Waals surface area contributed by atoms with Crippen LogP contribution in [0.1, 0.15) is 41.3 Å². The molecule has 0 radical (unpaired) electrons. The molecule has 6 heteroatoms. The molecule has 1 aliphatic rings. The molecular formula is C20H21ClN2O3. The molecule has 5 nitrogen and oxygen atoms in total. The van der Waals surface area contributed by atoms with Crippen molar-refractivity contribution < 1.29 is 14.7 Å². The summed E-state index contributed by atoms with van der Waals surface area (Å²) in [6, 6.07) is 13.8. The summed E-state index contributed by atoms with van der Waals surface area (Å²) in [7, 11) is 0. The predicted octanol–water partition coefficient (Wildman–Crippen LogP) is 3.32. The molecule has 1 heterocycles. The fraction of sp³-hybridized carbons (Fsp3) is 0.300. The SMILES string of the molecule is O=C(NC[C@H](O)c1ccc(Cl)cc1)c1ccc(N2CCCCC2=O)cc1. The average Bonchev–Trinajstić information content (AvgIpc) is 2.67. The third-order valence-corrected chi connectivity index (χ3v) is 4.73. The standard InChI is InChI=1S/C20H21ClN2O3/c21-16-8-4-14(5-9-16)18(24)13-22-20(26)15-6-10-17(11-7-15)23-12-2-1-3-19(23)25/h4-11,18,24H,1-3,12-13H2,(H,22,26)/t18-/m0/s1. The molecule has 3 rings (SSSR count). The summed E-state index contributed by atoms with van der Waals surface area (Å²) in [5, 5.41) is 13.5. The topological polar surface area (TPSA) is 69.6 Å². The van der Waals surface area contributed by atoms with Crippen molar-refractivity contribution in [1.82, 2.24) is 5.32 Å². The Morgan fingerprint density at radius 2 is 1.81 bits per heavy atom. The predicted molar refractivity (Wildman–Crippen MR) is 101 cm³/mol. The fourth-order valence-electron chi connectivity index (χ4n) is 2.97. The lowest BCUT2D eigenvalue weighted by Gasteiger charge is -2.26. The zero-order valence-electron chi connectivity index (χ0n) is 14.3. The van der Waals surface area contributed by atoms with Crippen LogP contribution in [0.25, 0.3) is 0 Å². The van der Waals surface area contributed by atoms with E-state index in [1.807, 2.05) is 0 Å². The maximum absolute atomic E-state index is 12.3. The smallest absolute Gasteiger partial charge is 0.251 e. The molecule has 1 fully saturated rings. The minimum absolute atomic E-state index is 0.104. The summed E-state index contributed by atoms with van der Waals surface area (Å²) >= 11 is 5.83. The van der Waals surface area contributed by atoms with E-state index in [9.17, 15) is 14.7 Å². The monoisotopic (exact) mass is 372 g/mol. The molecule has 0 aromatic heterocycles. The highest BCUT2D eigenvalue weighted by molar-refractivity contribution is 6.30. The summed E-state index contributed by atoms with van der Waals surface area (Å²) in [4.78, 5) is 26.0. The molecule has 2 N–H and O–H groups in total. The molecule has 26 heavy (non-hydrogen) atoms. The van der Waals surface area contributed by atoms with Crippen LogP contribution in [-0.4, -0.2) is 30.0 Å². The second-order valence-corrected chi connectivity index (χ2v) is 6.76. The largest absolute Gasteiger partial charge is 0.387 e. The Morgan fingerprint density at radius 1 is 1.12 bits per heavy atom.